The van der Waals surface area contributed by atoms with E-state index in [1.807, 2.05) is 49.4 Å². The lowest BCUT2D eigenvalue weighted by atomic mass is 9.78. The molecule has 1 aliphatic heterocycles. The fourth-order valence-electron chi connectivity index (χ4n) is 4.27. The lowest BCUT2D eigenvalue weighted by Gasteiger charge is -2.39. The van der Waals surface area contributed by atoms with Crippen molar-refractivity contribution < 1.29 is 19.5 Å². The maximum Gasteiger partial charge on any atom is 0.261 e. The van der Waals surface area contributed by atoms with E-state index in [2.05, 4.69) is 9.88 Å². The van der Waals surface area contributed by atoms with E-state index in [0.29, 0.717) is 38.3 Å². The third-order valence-electron chi connectivity index (χ3n) is 6.07. The SMILES string of the molecule is CCC(c1ccc(OC)cc1)[C@@H](C(=O)N1CCN(c2ccccn2)CC1)[C@H](N)C(=O)NO. The van der Waals surface area contributed by atoms with Gasteiger partial charge in [-0.2, -0.15) is 0 Å². The van der Waals surface area contributed by atoms with Gasteiger partial charge in [-0.15, -0.1) is 0 Å². The van der Waals surface area contributed by atoms with Gasteiger partial charge in [-0.25, -0.2) is 10.5 Å². The van der Waals surface area contributed by atoms with Gasteiger partial charge in [0.15, 0.2) is 0 Å². The minimum atomic E-state index is -1.19. The Balaban J connectivity index is 1.81. The first-order chi connectivity index (χ1) is 15.5. The molecule has 3 atom stereocenters. The van der Waals surface area contributed by atoms with Gasteiger partial charge in [0.2, 0.25) is 5.91 Å². The standard InChI is InChI=1S/C23H31N5O4/c1-3-18(16-7-9-17(32-2)10-8-16)20(21(24)22(29)26-31)23(30)28-14-12-27(13-15-28)19-6-4-5-11-25-19/h4-11,18,20-21,31H,3,12-15,24H2,1-2H3,(H,26,29)/t18?,20-,21+/m1/s1. The van der Waals surface area contributed by atoms with Crippen molar-refractivity contribution in [3.63, 3.8) is 0 Å². The van der Waals surface area contributed by atoms with Crippen LogP contribution in [0.1, 0.15) is 24.8 Å². The molecule has 0 saturated carbocycles. The molecule has 1 unspecified atom stereocenters. The quantitative estimate of drug-likeness (QED) is 0.418. The average Bonchev–Trinajstić information content (AvgIpc) is 2.86. The minimum Gasteiger partial charge on any atom is -0.497 e. The van der Waals surface area contributed by atoms with Crippen LogP contribution in [0, 0.1) is 5.92 Å². The maximum atomic E-state index is 13.6. The highest BCUT2D eigenvalue weighted by molar-refractivity contribution is 5.90. The maximum absolute atomic E-state index is 13.6. The zero-order valence-electron chi connectivity index (χ0n) is 18.5. The third kappa shape index (κ3) is 5.17. The van der Waals surface area contributed by atoms with Crippen LogP contribution < -0.4 is 20.9 Å². The van der Waals surface area contributed by atoms with E-state index in [1.54, 1.807) is 23.7 Å². The number of methoxy groups -OCH3 is 1. The highest BCUT2D eigenvalue weighted by Crippen LogP contribution is 2.33. The number of piperazine rings is 1. The van der Waals surface area contributed by atoms with E-state index < -0.39 is 17.9 Å². The van der Waals surface area contributed by atoms with Gasteiger partial charge >= 0.3 is 0 Å². The molecule has 2 amide bonds. The summed E-state index contributed by atoms with van der Waals surface area (Å²) in [5.74, 6) is -0.505. The number of pyridine rings is 1. The zero-order valence-corrected chi connectivity index (χ0v) is 18.5. The molecule has 1 fully saturated rings. The van der Waals surface area contributed by atoms with Crippen molar-refractivity contribution in [3.8, 4) is 5.75 Å². The normalized spacial score (nSPS) is 16.8. The first-order valence-corrected chi connectivity index (χ1v) is 10.8. The van der Waals surface area contributed by atoms with E-state index in [1.165, 1.54) is 0 Å². The summed E-state index contributed by atoms with van der Waals surface area (Å²) in [6, 6.07) is 12.0. The number of carbonyl (C=O) groups is 2. The number of benzene rings is 1. The molecule has 0 spiro atoms. The van der Waals surface area contributed by atoms with Crippen LogP contribution in [-0.4, -0.2) is 66.2 Å². The number of ether oxygens (including phenoxy) is 1. The average molecular weight is 442 g/mol. The van der Waals surface area contributed by atoms with Crippen LogP contribution in [0.15, 0.2) is 48.7 Å². The van der Waals surface area contributed by atoms with Gasteiger partial charge in [0, 0.05) is 32.4 Å². The minimum absolute atomic E-state index is 0.190. The van der Waals surface area contributed by atoms with Gasteiger partial charge in [0.25, 0.3) is 5.91 Å². The smallest absolute Gasteiger partial charge is 0.261 e. The van der Waals surface area contributed by atoms with Crippen molar-refractivity contribution in [2.45, 2.75) is 25.3 Å². The van der Waals surface area contributed by atoms with Crippen molar-refractivity contribution in [2.75, 3.05) is 38.2 Å². The zero-order chi connectivity index (χ0) is 23.1. The molecule has 0 aliphatic carbocycles. The number of anilines is 1. The molecule has 32 heavy (non-hydrogen) atoms. The number of nitrogens with one attached hydrogen (secondary N) is 1. The van der Waals surface area contributed by atoms with Crippen LogP contribution in [0.5, 0.6) is 5.75 Å². The summed E-state index contributed by atoms with van der Waals surface area (Å²) in [6.07, 6.45) is 2.35. The molecule has 9 heteroatoms. The first kappa shape index (κ1) is 23.5. The fourth-order valence-corrected chi connectivity index (χ4v) is 4.27. The van der Waals surface area contributed by atoms with Crippen molar-refractivity contribution in [3.05, 3.63) is 54.2 Å². The van der Waals surface area contributed by atoms with E-state index in [9.17, 15) is 9.59 Å². The molecule has 2 aromatic rings. The highest BCUT2D eigenvalue weighted by atomic mass is 16.5. The Morgan fingerprint density at radius 1 is 1.16 bits per heavy atom. The first-order valence-electron chi connectivity index (χ1n) is 10.8. The van der Waals surface area contributed by atoms with Crippen LogP contribution in [0.25, 0.3) is 0 Å². The summed E-state index contributed by atoms with van der Waals surface area (Å²) in [5.41, 5.74) is 8.70. The van der Waals surface area contributed by atoms with Crippen LogP contribution in [0.3, 0.4) is 0 Å². The second kappa shape index (κ2) is 10.9. The molecule has 3 rings (SSSR count). The molecular weight excluding hydrogens is 410 g/mol. The number of nitrogens with two attached hydrogens (primary N) is 1. The van der Waals surface area contributed by atoms with E-state index in [4.69, 9.17) is 15.7 Å². The molecule has 1 aromatic heterocycles. The number of aromatic nitrogens is 1. The van der Waals surface area contributed by atoms with Crippen LogP contribution in [-0.2, 0) is 9.59 Å². The van der Waals surface area contributed by atoms with E-state index >= 15 is 0 Å². The lowest BCUT2D eigenvalue weighted by Crippen LogP contribution is -2.56. The molecule has 0 bridgehead atoms. The van der Waals surface area contributed by atoms with Gasteiger partial charge in [0.05, 0.1) is 19.1 Å². The summed E-state index contributed by atoms with van der Waals surface area (Å²) >= 11 is 0. The Hall–Kier alpha value is -3.17. The van der Waals surface area contributed by atoms with Gasteiger partial charge in [-0.05, 0) is 42.2 Å². The van der Waals surface area contributed by atoms with Gasteiger partial charge in [0.1, 0.15) is 11.6 Å². The molecule has 1 aliphatic rings. The predicted molar refractivity (Wildman–Crippen MR) is 120 cm³/mol. The second-order valence-corrected chi connectivity index (χ2v) is 7.82. The van der Waals surface area contributed by atoms with Crippen molar-refractivity contribution in [1.82, 2.24) is 15.4 Å². The molecule has 9 nitrogen and oxygen atoms in total. The Morgan fingerprint density at radius 3 is 2.38 bits per heavy atom. The number of rotatable bonds is 8. The Morgan fingerprint density at radius 2 is 1.84 bits per heavy atom. The molecule has 2 heterocycles. The summed E-state index contributed by atoms with van der Waals surface area (Å²) in [7, 11) is 1.59. The Kier molecular flexibility index (Phi) is 8.02. The van der Waals surface area contributed by atoms with Crippen LogP contribution >= 0.6 is 0 Å². The van der Waals surface area contributed by atoms with E-state index in [0.717, 1.165) is 11.4 Å². The largest absolute Gasteiger partial charge is 0.497 e. The molecular formula is C23H31N5O4. The lowest BCUT2D eigenvalue weighted by molar-refractivity contribution is -0.143. The van der Waals surface area contributed by atoms with Gasteiger partial charge in [-0.1, -0.05) is 25.1 Å². The van der Waals surface area contributed by atoms with Crippen LogP contribution in [0.2, 0.25) is 0 Å². The molecule has 4 N–H and O–H groups in total. The van der Waals surface area contributed by atoms with Gasteiger partial charge in [-0.3, -0.25) is 14.8 Å². The summed E-state index contributed by atoms with van der Waals surface area (Å²) in [5, 5.41) is 9.17. The summed E-state index contributed by atoms with van der Waals surface area (Å²) in [4.78, 5) is 34.1. The summed E-state index contributed by atoms with van der Waals surface area (Å²) in [6.45, 7) is 4.22. The number of hydrogen-bond acceptors (Lipinski definition) is 7. The second-order valence-electron chi connectivity index (χ2n) is 7.82. The monoisotopic (exact) mass is 441 g/mol. The number of carbonyl (C=O) groups excluding carboxylic acids is 2. The molecule has 1 aromatic carbocycles. The Bertz CT molecular complexity index is 885. The molecule has 1 saturated heterocycles. The summed E-state index contributed by atoms with van der Waals surface area (Å²) < 4.78 is 5.23. The topological polar surface area (TPSA) is 121 Å². The Labute approximate surface area is 188 Å². The number of amides is 2. The predicted octanol–water partition coefficient (Wildman–Crippen LogP) is 1.38. The van der Waals surface area contributed by atoms with Crippen LogP contribution in [0.4, 0.5) is 5.82 Å². The van der Waals surface area contributed by atoms with Crippen molar-refractivity contribution >= 4 is 17.6 Å². The fraction of sp³-hybridized carbons (Fsp3) is 0.435. The molecule has 172 valence electrons. The molecule has 0 radical (unpaired) electrons. The number of hydrogen-bond donors (Lipinski definition) is 3. The van der Waals surface area contributed by atoms with Gasteiger partial charge < -0.3 is 20.3 Å². The third-order valence-corrected chi connectivity index (χ3v) is 6.07. The van der Waals surface area contributed by atoms with Crippen molar-refractivity contribution in [2.24, 2.45) is 11.7 Å². The number of nitrogens with zero attached hydrogens (tertiary/aromatic N) is 3. The number of hydroxylamine groups is 1. The van der Waals surface area contributed by atoms with Crippen molar-refractivity contribution in [1.29, 1.82) is 0 Å². The highest BCUT2D eigenvalue weighted by Gasteiger charge is 2.40. The van der Waals surface area contributed by atoms with E-state index in [-0.39, 0.29) is 11.8 Å².